The fraction of sp³-hybridized carbons (Fsp3) is 0.625. The van der Waals surface area contributed by atoms with Gasteiger partial charge in [-0.2, -0.15) is 0 Å². The Morgan fingerprint density at radius 3 is 1.95 bits per heavy atom. The number of nitrogens with two attached hydrogens (primary N) is 1. The van der Waals surface area contributed by atoms with Crippen LogP contribution >= 0.6 is 0 Å². The van der Waals surface area contributed by atoms with Gasteiger partial charge in [0.15, 0.2) is 11.5 Å². The number of hydrogen-bond donors (Lipinski definition) is 2. The molecule has 0 amide bonds. The number of nitrogens with one attached hydrogen (secondary N) is 1. The lowest BCUT2D eigenvalue weighted by Gasteiger charge is -2.21. The molecule has 1 unspecified atom stereocenters. The molecule has 0 aliphatic heterocycles. The van der Waals surface area contributed by atoms with Gasteiger partial charge in [-0.3, -0.25) is 11.3 Å². The minimum atomic E-state index is 0.138. The monoisotopic (exact) mass is 294 g/mol. The highest BCUT2D eigenvalue weighted by Gasteiger charge is 2.33. The molecule has 3 N–H and O–H groups in total. The maximum Gasteiger partial charge on any atom is 0.203 e. The van der Waals surface area contributed by atoms with E-state index in [4.69, 9.17) is 20.1 Å². The lowest BCUT2D eigenvalue weighted by Crippen LogP contribution is -2.29. The normalized spacial score (nSPS) is 15.6. The van der Waals surface area contributed by atoms with E-state index in [0.717, 1.165) is 17.1 Å². The molecule has 1 atom stereocenters. The first-order valence-corrected chi connectivity index (χ1v) is 7.77. The van der Waals surface area contributed by atoms with Crippen molar-refractivity contribution < 1.29 is 14.2 Å². The lowest BCUT2D eigenvalue weighted by molar-refractivity contribution is 0.259. The van der Waals surface area contributed by atoms with Crippen molar-refractivity contribution in [2.24, 2.45) is 11.8 Å². The van der Waals surface area contributed by atoms with E-state index in [9.17, 15) is 0 Å². The first-order valence-electron chi connectivity index (χ1n) is 7.77. The smallest absolute Gasteiger partial charge is 0.203 e. The van der Waals surface area contributed by atoms with Crippen LogP contribution < -0.4 is 25.5 Å². The van der Waals surface area contributed by atoms with Gasteiger partial charge >= 0.3 is 0 Å². The van der Waals surface area contributed by atoms with Gasteiger partial charge in [0.05, 0.1) is 19.8 Å². The van der Waals surface area contributed by atoms with E-state index in [-0.39, 0.29) is 6.04 Å². The fourth-order valence-electron chi connectivity index (χ4n) is 2.52. The van der Waals surface area contributed by atoms with Crippen LogP contribution in [0.25, 0.3) is 0 Å². The van der Waals surface area contributed by atoms with E-state index in [0.29, 0.717) is 31.5 Å². The zero-order valence-corrected chi connectivity index (χ0v) is 13.1. The summed E-state index contributed by atoms with van der Waals surface area (Å²) in [5.74, 6) is 8.45. The van der Waals surface area contributed by atoms with Crippen LogP contribution in [-0.2, 0) is 0 Å². The van der Waals surface area contributed by atoms with Gasteiger partial charge in [-0.1, -0.05) is 0 Å². The van der Waals surface area contributed by atoms with Crippen molar-refractivity contribution in [1.29, 1.82) is 0 Å². The summed E-state index contributed by atoms with van der Waals surface area (Å²) >= 11 is 0. The third kappa shape index (κ3) is 3.80. The van der Waals surface area contributed by atoms with E-state index in [2.05, 4.69) is 5.43 Å². The topological polar surface area (TPSA) is 65.7 Å². The Labute approximate surface area is 126 Å². The van der Waals surface area contributed by atoms with Crippen molar-refractivity contribution in [2.45, 2.75) is 39.7 Å². The number of hydrogen-bond acceptors (Lipinski definition) is 5. The van der Waals surface area contributed by atoms with Crippen molar-refractivity contribution in [2.75, 3.05) is 19.8 Å². The quantitative estimate of drug-likeness (QED) is 0.541. The Morgan fingerprint density at radius 1 is 1.05 bits per heavy atom. The molecule has 21 heavy (non-hydrogen) atoms. The van der Waals surface area contributed by atoms with Crippen LogP contribution in [0.15, 0.2) is 12.1 Å². The average molecular weight is 294 g/mol. The maximum absolute atomic E-state index is 5.74. The van der Waals surface area contributed by atoms with Crippen LogP contribution in [0.1, 0.15) is 45.2 Å². The SMILES string of the molecule is CCOc1cc(C(NN)C2CC2)cc(OCC)c1OCC. The zero-order chi connectivity index (χ0) is 15.2. The van der Waals surface area contributed by atoms with Gasteiger partial charge < -0.3 is 14.2 Å². The van der Waals surface area contributed by atoms with Crippen LogP contribution in [0.4, 0.5) is 0 Å². The molecule has 2 rings (SSSR count). The molecule has 1 aromatic rings. The Balaban J connectivity index is 2.40. The Hall–Kier alpha value is -1.46. The summed E-state index contributed by atoms with van der Waals surface area (Å²) in [6, 6.07) is 4.17. The first-order chi connectivity index (χ1) is 10.2. The molecule has 1 aliphatic rings. The number of hydrazine groups is 1. The van der Waals surface area contributed by atoms with Gasteiger partial charge in [0.25, 0.3) is 0 Å². The molecule has 0 heterocycles. The minimum absolute atomic E-state index is 0.138. The highest BCUT2D eigenvalue weighted by atomic mass is 16.5. The van der Waals surface area contributed by atoms with E-state index in [1.165, 1.54) is 12.8 Å². The molecule has 1 saturated carbocycles. The first kappa shape index (κ1) is 15.9. The highest BCUT2D eigenvalue weighted by molar-refractivity contribution is 5.54. The van der Waals surface area contributed by atoms with Crippen LogP contribution in [0.5, 0.6) is 17.2 Å². The number of ether oxygens (including phenoxy) is 3. The van der Waals surface area contributed by atoms with Gasteiger partial charge in [0.2, 0.25) is 5.75 Å². The number of benzene rings is 1. The standard InChI is InChI=1S/C16H26N2O3/c1-4-19-13-9-12(15(18-17)11-7-8-11)10-14(20-5-2)16(13)21-6-3/h9-11,15,18H,4-8,17H2,1-3H3. The van der Waals surface area contributed by atoms with Crippen LogP contribution in [0.2, 0.25) is 0 Å². The molecule has 0 radical (unpaired) electrons. The van der Waals surface area contributed by atoms with Gasteiger partial charge in [-0.25, -0.2) is 0 Å². The predicted molar refractivity (Wildman–Crippen MR) is 82.7 cm³/mol. The maximum atomic E-state index is 5.74. The molecule has 1 aromatic carbocycles. The molecule has 5 heteroatoms. The molecule has 118 valence electrons. The summed E-state index contributed by atoms with van der Waals surface area (Å²) in [6.45, 7) is 7.61. The summed E-state index contributed by atoms with van der Waals surface area (Å²) in [6.07, 6.45) is 2.41. The van der Waals surface area contributed by atoms with Crippen LogP contribution in [-0.4, -0.2) is 19.8 Å². The van der Waals surface area contributed by atoms with Crippen molar-refractivity contribution in [3.63, 3.8) is 0 Å². The van der Waals surface area contributed by atoms with Gasteiger partial charge in [-0.15, -0.1) is 0 Å². The van der Waals surface area contributed by atoms with Gasteiger partial charge in [-0.05, 0) is 57.2 Å². The largest absolute Gasteiger partial charge is 0.490 e. The summed E-state index contributed by atoms with van der Waals surface area (Å²) in [5.41, 5.74) is 4.01. The summed E-state index contributed by atoms with van der Waals surface area (Å²) in [5, 5.41) is 0. The summed E-state index contributed by atoms with van der Waals surface area (Å²) in [7, 11) is 0. The zero-order valence-electron chi connectivity index (χ0n) is 13.1. The second kappa shape index (κ2) is 7.52. The van der Waals surface area contributed by atoms with Crippen LogP contribution in [0, 0.1) is 5.92 Å². The summed E-state index contributed by atoms with van der Waals surface area (Å²) in [4.78, 5) is 0. The van der Waals surface area contributed by atoms with Crippen molar-refractivity contribution >= 4 is 0 Å². The molecule has 1 aliphatic carbocycles. The highest BCUT2D eigenvalue weighted by Crippen LogP contribution is 2.45. The third-order valence-corrected chi connectivity index (χ3v) is 3.56. The van der Waals surface area contributed by atoms with E-state index in [1.54, 1.807) is 0 Å². The third-order valence-electron chi connectivity index (χ3n) is 3.56. The van der Waals surface area contributed by atoms with Gasteiger partial charge in [0.1, 0.15) is 0 Å². The van der Waals surface area contributed by atoms with Crippen molar-refractivity contribution in [3.05, 3.63) is 17.7 Å². The predicted octanol–water partition coefficient (Wildman–Crippen LogP) is 2.80. The Kier molecular flexibility index (Phi) is 5.70. The molecule has 0 saturated heterocycles. The molecule has 5 nitrogen and oxygen atoms in total. The minimum Gasteiger partial charge on any atom is -0.490 e. The molecule has 0 bridgehead atoms. The van der Waals surface area contributed by atoms with Gasteiger partial charge in [0, 0.05) is 6.04 Å². The molecular formula is C16H26N2O3. The van der Waals surface area contributed by atoms with Crippen LogP contribution in [0.3, 0.4) is 0 Å². The van der Waals surface area contributed by atoms with E-state index >= 15 is 0 Å². The average Bonchev–Trinajstić information content (AvgIpc) is 3.29. The van der Waals surface area contributed by atoms with Crippen molar-refractivity contribution in [3.8, 4) is 17.2 Å². The number of rotatable bonds is 9. The molecular weight excluding hydrogens is 268 g/mol. The Morgan fingerprint density at radius 2 is 1.57 bits per heavy atom. The fourth-order valence-corrected chi connectivity index (χ4v) is 2.52. The van der Waals surface area contributed by atoms with E-state index in [1.807, 2.05) is 32.9 Å². The molecule has 0 spiro atoms. The molecule has 1 fully saturated rings. The molecule has 0 aromatic heterocycles. The Bertz CT molecular complexity index is 434. The second-order valence-electron chi connectivity index (χ2n) is 5.13. The summed E-state index contributed by atoms with van der Waals surface area (Å²) < 4.78 is 17.2. The second-order valence-corrected chi connectivity index (χ2v) is 5.13. The van der Waals surface area contributed by atoms with E-state index < -0.39 is 0 Å². The lowest BCUT2D eigenvalue weighted by atomic mass is 10.0. The van der Waals surface area contributed by atoms with Crippen molar-refractivity contribution in [1.82, 2.24) is 5.43 Å².